The van der Waals surface area contributed by atoms with Crippen molar-refractivity contribution < 1.29 is 19.4 Å². The minimum absolute atomic E-state index is 0.0881. The Morgan fingerprint density at radius 1 is 1.15 bits per heavy atom. The van der Waals surface area contributed by atoms with Crippen LogP contribution in [0.4, 0.5) is 0 Å². The Balaban J connectivity index is 2.00. The highest BCUT2D eigenvalue weighted by Crippen LogP contribution is 2.40. The van der Waals surface area contributed by atoms with Crippen LogP contribution in [0.15, 0.2) is 42.5 Å². The average Bonchev–Trinajstić information content (AvgIpc) is 2.58. The predicted octanol–water partition coefficient (Wildman–Crippen LogP) is 3.50. The zero-order valence-corrected chi connectivity index (χ0v) is 16.9. The lowest BCUT2D eigenvalue weighted by molar-refractivity contribution is -0.0627. The summed E-state index contributed by atoms with van der Waals surface area (Å²) in [6, 6.07) is 11.6. The van der Waals surface area contributed by atoms with Crippen molar-refractivity contribution in [2.24, 2.45) is 0 Å². The fourth-order valence-electron chi connectivity index (χ4n) is 3.03. The fraction of sp³-hybridized carbons (Fsp3) is 0.300. The number of benzene rings is 2. The molecule has 0 unspecified atom stereocenters. The second kappa shape index (κ2) is 7.00. The summed E-state index contributed by atoms with van der Waals surface area (Å²) in [6.45, 7) is 5.01. The minimum atomic E-state index is -0.969. The minimum Gasteiger partial charge on any atom is -0.485 e. The number of aliphatic hydroxyl groups is 1. The van der Waals surface area contributed by atoms with Gasteiger partial charge in [-0.25, -0.2) is 0 Å². The molecule has 2 aromatic rings. The van der Waals surface area contributed by atoms with Gasteiger partial charge in [0.25, 0.3) is 5.91 Å². The molecular weight excluding hydrogens is 443 g/mol. The summed E-state index contributed by atoms with van der Waals surface area (Å²) in [5.41, 5.74) is 0.738. The van der Waals surface area contributed by atoms with Crippen LogP contribution in [-0.2, 0) is 0 Å². The van der Waals surface area contributed by atoms with Gasteiger partial charge in [-0.3, -0.25) is 9.59 Å². The fourth-order valence-corrected chi connectivity index (χ4v) is 3.57. The lowest BCUT2D eigenvalue weighted by Gasteiger charge is -2.42. The maximum Gasteiger partial charge on any atom is 0.251 e. The molecule has 0 aromatic heterocycles. The highest BCUT2D eigenvalue weighted by atomic mass is 125. The van der Waals surface area contributed by atoms with Gasteiger partial charge in [0.05, 0.1) is 6.04 Å². The third-order valence-corrected chi connectivity index (χ3v) is 5.20. The van der Waals surface area contributed by atoms with Crippen LogP contribution in [0, 0.1) is 3.57 Å². The molecule has 5 nitrogen and oxygen atoms in total. The van der Waals surface area contributed by atoms with Crippen molar-refractivity contribution in [3.63, 3.8) is 0 Å². The molecule has 1 amide bonds. The van der Waals surface area contributed by atoms with Gasteiger partial charge in [-0.2, -0.15) is 0 Å². The van der Waals surface area contributed by atoms with Crippen molar-refractivity contribution in [3.05, 3.63) is 62.7 Å². The van der Waals surface area contributed by atoms with Gasteiger partial charge in [0.1, 0.15) is 17.5 Å². The molecule has 3 rings (SSSR count). The first-order chi connectivity index (χ1) is 12.2. The van der Waals surface area contributed by atoms with Gasteiger partial charge in [-0.05, 0) is 79.8 Å². The topological polar surface area (TPSA) is 75.6 Å². The molecule has 0 spiro atoms. The normalized spacial score (nSPS) is 20.7. The lowest BCUT2D eigenvalue weighted by atomic mass is 9.85. The monoisotopic (exact) mass is 463 g/mol. The summed E-state index contributed by atoms with van der Waals surface area (Å²) in [5.74, 6) is 0.178. The number of halogens is 1. The molecule has 0 radical (unpaired) electrons. The maximum atomic E-state index is 12.7. The van der Waals surface area contributed by atoms with Crippen molar-refractivity contribution in [1.82, 2.24) is 5.32 Å². The molecule has 1 aliphatic rings. The number of rotatable bonds is 3. The predicted molar refractivity (Wildman–Crippen MR) is 107 cm³/mol. The second-order valence-corrected chi connectivity index (χ2v) is 8.17. The number of amides is 1. The molecule has 2 atom stereocenters. The molecule has 0 saturated carbocycles. The summed E-state index contributed by atoms with van der Waals surface area (Å²) < 4.78 is 6.84. The van der Waals surface area contributed by atoms with Crippen molar-refractivity contribution >= 4 is 34.3 Å². The molecule has 136 valence electrons. The van der Waals surface area contributed by atoms with E-state index in [4.69, 9.17) is 4.74 Å². The van der Waals surface area contributed by atoms with E-state index < -0.39 is 17.7 Å². The Labute approximate surface area is 165 Å². The number of fused-ring (bicyclic) bond motifs is 1. The summed E-state index contributed by atoms with van der Waals surface area (Å²) in [6.07, 6.45) is -0.969. The number of hydrogen-bond donors (Lipinski definition) is 2. The first kappa shape index (κ1) is 18.8. The molecular formula is C20H20INO4. The highest BCUT2D eigenvalue weighted by Gasteiger charge is 2.43. The second-order valence-electron chi connectivity index (χ2n) is 6.92. The number of ketones is 1. The standard InChI is InChI=1S/C20H20INO4/c1-11(23)12-7-8-16-15(10-12)17(18(24)20(2,3)26-16)22-19(25)13-5-4-6-14(21)9-13/h4-10,17-18,24H,1-3H3,(H,22,25)/t17-,18+/m0/s1/i21-2. The van der Waals surface area contributed by atoms with Gasteiger partial charge in [-0.15, -0.1) is 0 Å². The first-order valence-corrected chi connectivity index (χ1v) is 9.35. The zero-order valence-electron chi connectivity index (χ0n) is 14.7. The van der Waals surface area contributed by atoms with Crippen LogP contribution in [0.25, 0.3) is 0 Å². The Morgan fingerprint density at radius 2 is 1.88 bits per heavy atom. The largest absolute Gasteiger partial charge is 0.485 e. The van der Waals surface area contributed by atoms with Crippen LogP contribution >= 0.6 is 22.6 Å². The maximum absolute atomic E-state index is 12.7. The van der Waals surface area contributed by atoms with Gasteiger partial charge < -0.3 is 15.2 Å². The van der Waals surface area contributed by atoms with E-state index in [2.05, 4.69) is 27.9 Å². The number of carbonyl (C=O) groups is 2. The zero-order chi connectivity index (χ0) is 19.1. The van der Waals surface area contributed by atoms with Crippen LogP contribution < -0.4 is 10.1 Å². The van der Waals surface area contributed by atoms with E-state index in [9.17, 15) is 14.7 Å². The number of hydrogen-bond acceptors (Lipinski definition) is 4. The molecule has 0 aliphatic carbocycles. The Bertz CT molecular complexity index is 878. The molecule has 0 fully saturated rings. The van der Waals surface area contributed by atoms with E-state index >= 15 is 0 Å². The summed E-state index contributed by atoms with van der Waals surface area (Å²) >= 11 is 2.14. The number of aliphatic hydroxyl groups excluding tert-OH is 1. The van der Waals surface area contributed by atoms with Gasteiger partial charge in [-0.1, -0.05) is 6.07 Å². The third-order valence-electron chi connectivity index (χ3n) is 4.53. The van der Waals surface area contributed by atoms with E-state index in [-0.39, 0.29) is 11.7 Å². The van der Waals surface area contributed by atoms with E-state index in [0.29, 0.717) is 22.4 Å². The van der Waals surface area contributed by atoms with Gasteiger partial charge in [0.2, 0.25) is 0 Å². The van der Waals surface area contributed by atoms with Crippen LogP contribution in [0.1, 0.15) is 53.1 Å². The SMILES string of the molecule is CC(=O)c1ccc2c(c1)[C@H](NC(=O)c1cccc([125I])c1)[C@@H](O)C(C)(C)O2. The van der Waals surface area contributed by atoms with Gasteiger partial charge in [0.15, 0.2) is 5.78 Å². The molecule has 1 aliphatic heterocycles. The number of ether oxygens (including phenoxy) is 1. The van der Waals surface area contributed by atoms with Crippen molar-refractivity contribution in [3.8, 4) is 5.75 Å². The molecule has 1 heterocycles. The molecule has 0 saturated heterocycles. The van der Waals surface area contributed by atoms with Crippen molar-refractivity contribution in [2.75, 3.05) is 0 Å². The molecule has 0 bridgehead atoms. The third kappa shape index (κ3) is 3.61. The summed E-state index contributed by atoms with van der Waals surface area (Å²) in [5, 5.41) is 13.7. The summed E-state index contributed by atoms with van der Waals surface area (Å²) in [7, 11) is 0. The molecule has 2 N–H and O–H groups in total. The first-order valence-electron chi connectivity index (χ1n) is 8.27. The summed E-state index contributed by atoms with van der Waals surface area (Å²) in [4.78, 5) is 24.5. The van der Waals surface area contributed by atoms with E-state index in [1.54, 1.807) is 44.2 Å². The molecule has 26 heavy (non-hydrogen) atoms. The Kier molecular flexibility index (Phi) is 5.07. The highest BCUT2D eigenvalue weighted by molar-refractivity contribution is 14.1. The number of carbonyl (C=O) groups excluding carboxylic acids is 2. The van der Waals surface area contributed by atoms with Crippen molar-refractivity contribution in [2.45, 2.75) is 38.5 Å². The van der Waals surface area contributed by atoms with Crippen LogP contribution in [0.5, 0.6) is 5.75 Å². The van der Waals surface area contributed by atoms with Crippen molar-refractivity contribution in [1.29, 1.82) is 0 Å². The van der Waals surface area contributed by atoms with E-state index in [1.807, 2.05) is 12.1 Å². The lowest BCUT2D eigenvalue weighted by Crippen LogP contribution is -2.53. The number of Topliss-reactive ketones (excluding diaryl/α,β-unsaturated/α-hetero) is 1. The Hall–Kier alpha value is -1.93. The van der Waals surface area contributed by atoms with Crippen LogP contribution in [0.3, 0.4) is 0 Å². The van der Waals surface area contributed by atoms with Crippen LogP contribution in [0.2, 0.25) is 0 Å². The smallest absolute Gasteiger partial charge is 0.251 e. The molecule has 2 aromatic carbocycles. The van der Waals surface area contributed by atoms with Crippen LogP contribution in [-0.4, -0.2) is 28.5 Å². The molecule has 6 heteroatoms. The van der Waals surface area contributed by atoms with E-state index in [1.165, 1.54) is 6.92 Å². The van der Waals surface area contributed by atoms with Gasteiger partial charge >= 0.3 is 0 Å². The quantitative estimate of drug-likeness (QED) is 0.540. The van der Waals surface area contributed by atoms with E-state index in [0.717, 1.165) is 3.57 Å². The Morgan fingerprint density at radius 3 is 2.54 bits per heavy atom. The average molecular weight is 463 g/mol. The van der Waals surface area contributed by atoms with Gasteiger partial charge in [0, 0.05) is 20.3 Å². The number of nitrogens with one attached hydrogen (secondary N) is 1.